The van der Waals surface area contributed by atoms with Crippen LogP contribution in [0.5, 0.6) is 0 Å². The standard InChI is InChI=1S/C26H28N4O4S/c1-17-8-10-21(22(16-17)30(33)34)28-26(32)24(19-6-4-3-5-7-19)29-14-12-20(13-15-29)27-25(31)23-11-9-18(2)35-23/h3-11,16,20,24H,12-15H2,1-2H3,(H,27,31)(H,28,32). The van der Waals surface area contributed by atoms with Crippen molar-refractivity contribution in [3.05, 3.63) is 91.7 Å². The Morgan fingerprint density at radius 1 is 1.06 bits per heavy atom. The van der Waals surface area contributed by atoms with Crippen molar-refractivity contribution in [1.29, 1.82) is 0 Å². The van der Waals surface area contributed by atoms with Gasteiger partial charge in [0.1, 0.15) is 11.7 Å². The van der Waals surface area contributed by atoms with Crippen LogP contribution >= 0.6 is 11.3 Å². The number of carbonyl (C=O) groups is 2. The fourth-order valence-corrected chi connectivity index (χ4v) is 5.15. The van der Waals surface area contributed by atoms with Gasteiger partial charge in [-0.3, -0.25) is 24.6 Å². The third-order valence-electron chi connectivity index (χ3n) is 6.17. The van der Waals surface area contributed by atoms with Crippen molar-refractivity contribution in [2.45, 2.75) is 38.8 Å². The molecule has 1 aliphatic heterocycles. The first-order chi connectivity index (χ1) is 16.8. The number of nitrogens with zero attached hydrogens (tertiary/aromatic N) is 2. The lowest BCUT2D eigenvalue weighted by atomic mass is 9.98. The Hall–Kier alpha value is -3.56. The van der Waals surface area contributed by atoms with Crippen molar-refractivity contribution >= 4 is 34.5 Å². The second kappa shape index (κ2) is 10.8. The zero-order valence-electron chi connectivity index (χ0n) is 19.7. The van der Waals surface area contributed by atoms with E-state index in [1.165, 1.54) is 17.4 Å². The van der Waals surface area contributed by atoms with Crippen LogP contribution in [0.25, 0.3) is 0 Å². The van der Waals surface area contributed by atoms with Gasteiger partial charge in [0, 0.05) is 30.1 Å². The van der Waals surface area contributed by atoms with E-state index in [2.05, 4.69) is 15.5 Å². The smallest absolute Gasteiger partial charge is 0.293 e. The zero-order valence-corrected chi connectivity index (χ0v) is 20.5. The second-order valence-electron chi connectivity index (χ2n) is 8.77. The predicted octanol–water partition coefficient (Wildman–Crippen LogP) is 4.85. The molecular weight excluding hydrogens is 464 g/mol. The number of nitro groups is 1. The minimum Gasteiger partial charge on any atom is -0.349 e. The monoisotopic (exact) mass is 492 g/mol. The Labute approximate surface area is 208 Å². The van der Waals surface area contributed by atoms with Crippen LogP contribution in [0.4, 0.5) is 11.4 Å². The average Bonchev–Trinajstić information content (AvgIpc) is 3.28. The molecule has 0 aliphatic carbocycles. The summed E-state index contributed by atoms with van der Waals surface area (Å²) >= 11 is 1.47. The number of hydrogen-bond donors (Lipinski definition) is 2. The third-order valence-corrected chi connectivity index (χ3v) is 7.16. The van der Waals surface area contributed by atoms with Crippen molar-refractivity contribution in [2.75, 3.05) is 18.4 Å². The number of nitrogens with one attached hydrogen (secondary N) is 2. The fraction of sp³-hybridized carbons (Fsp3) is 0.308. The van der Waals surface area contributed by atoms with Gasteiger partial charge in [-0.2, -0.15) is 0 Å². The van der Waals surface area contributed by atoms with Crippen molar-refractivity contribution in [2.24, 2.45) is 0 Å². The summed E-state index contributed by atoms with van der Waals surface area (Å²) in [6.45, 7) is 4.96. The number of piperidine rings is 1. The summed E-state index contributed by atoms with van der Waals surface area (Å²) in [6, 6.07) is 17.4. The van der Waals surface area contributed by atoms with E-state index in [1.807, 2.05) is 49.4 Å². The Bertz CT molecular complexity index is 1220. The molecule has 0 radical (unpaired) electrons. The number of hydrogen-bond acceptors (Lipinski definition) is 6. The molecule has 4 rings (SSSR count). The van der Waals surface area contributed by atoms with Gasteiger partial charge < -0.3 is 10.6 Å². The lowest BCUT2D eigenvalue weighted by molar-refractivity contribution is -0.384. The van der Waals surface area contributed by atoms with Gasteiger partial charge in [-0.1, -0.05) is 36.4 Å². The molecule has 2 N–H and O–H groups in total. The molecule has 1 fully saturated rings. The van der Waals surface area contributed by atoms with Crippen LogP contribution < -0.4 is 10.6 Å². The summed E-state index contributed by atoms with van der Waals surface area (Å²) in [6.07, 6.45) is 1.41. The quantitative estimate of drug-likeness (QED) is 0.362. The van der Waals surface area contributed by atoms with E-state index in [-0.39, 0.29) is 29.2 Å². The van der Waals surface area contributed by atoms with Crippen LogP contribution in [0.3, 0.4) is 0 Å². The van der Waals surface area contributed by atoms with E-state index in [0.717, 1.165) is 16.0 Å². The van der Waals surface area contributed by atoms with Gasteiger partial charge >= 0.3 is 0 Å². The topological polar surface area (TPSA) is 105 Å². The number of rotatable bonds is 7. The number of benzene rings is 2. The van der Waals surface area contributed by atoms with E-state index in [0.29, 0.717) is 30.8 Å². The van der Waals surface area contributed by atoms with Crippen molar-refractivity contribution in [3.8, 4) is 0 Å². The predicted molar refractivity (Wildman–Crippen MR) is 137 cm³/mol. The normalized spacial score (nSPS) is 15.4. The molecule has 9 heteroatoms. The van der Waals surface area contributed by atoms with Crippen LogP contribution in [-0.2, 0) is 4.79 Å². The molecule has 35 heavy (non-hydrogen) atoms. The molecular formula is C26H28N4O4S. The first-order valence-corrected chi connectivity index (χ1v) is 12.4. The van der Waals surface area contributed by atoms with E-state index in [9.17, 15) is 19.7 Å². The number of amides is 2. The molecule has 1 saturated heterocycles. The van der Waals surface area contributed by atoms with Crippen LogP contribution in [0.1, 0.15) is 44.6 Å². The highest BCUT2D eigenvalue weighted by Crippen LogP contribution is 2.30. The zero-order chi connectivity index (χ0) is 24.9. The first-order valence-electron chi connectivity index (χ1n) is 11.5. The van der Waals surface area contributed by atoms with Crippen LogP contribution in [0.2, 0.25) is 0 Å². The number of likely N-dealkylation sites (tertiary alicyclic amines) is 1. The molecule has 2 amide bonds. The summed E-state index contributed by atoms with van der Waals surface area (Å²) in [5.41, 5.74) is 1.61. The van der Waals surface area contributed by atoms with Gasteiger partial charge in [-0.15, -0.1) is 11.3 Å². The Morgan fingerprint density at radius 2 is 1.77 bits per heavy atom. The molecule has 0 saturated carbocycles. The number of aryl methyl sites for hydroxylation is 2. The van der Waals surface area contributed by atoms with Gasteiger partial charge in [0.25, 0.3) is 11.6 Å². The van der Waals surface area contributed by atoms with E-state index >= 15 is 0 Å². The Balaban J connectivity index is 1.48. The highest BCUT2D eigenvalue weighted by atomic mass is 32.1. The molecule has 182 valence electrons. The second-order valence-corrected chi connectivity index (χ2v) is 10.1. The number of nitro benzene ring substituents is 1. The fourth-order valence-electron chi connectivity index (χ4n) is 4.38. The van der Waals surface area contributed by atoms with E-state index in [1.54, 1.807) is 19.1 Å². The van der Waals surface area contributed by atoms with Gasteiger partial charge in [-0.05, 0) is 56.0 Å². The molecule has 1 unspecified atom stereocenters. The summed E-state index contributed by atoms with van der Waals surface area (Å²) in [5, 5.41) is 17.4. The van der Waals surface area contributed by atoms with Crippen molar-refractivity contribution in [1.82, 2.24) is 10.2 Å². The molecule has 2 aromatic carbocycles. The lowest BCUT2D eigenvalue weighted by Crippen LogP contribution is -2.47. The first kappa shape index (κ1) is 24.6. The SMILES string of the molecule is Cc1ccc(NC(=O)C(c2ccccc2)N2CCC(NC(=O)c3ccc(C)s3)CC2)c([N+](=O)[O-])c1. The molecule has 8 nitrogen and oxygen atoms in total. The summed E-state index contributed by atoms with van der Waals surface area (Å²) in [4.78, 5) is 40.9. The van der Waals surface area contributed by atoms with E-state index < -0.39 is 11.0 Å². The maximum absolute atomic E-state index is 13.5. The number of carbonyl (C=O) groups excluding carboxylic acids is 2. The maximum atomic E-state index is 13.5. The third kappa shape index (κ3) is 5.93. The summed E-state index contributed by atoms with van der Waals surface area (Å²) in [5.74, 6) is -0.384. The molecule has 0 bridgehead atoms. The number of anilines is 1. The minimum atomic E-state index is -0.603. The highest BCUT2D eigenvalue weighted by molar-refractivity contribution is 7.13. The Kier molecular flexibility index (Phi) is 7.57. The maximum Gasteiger partial charge on any atom is 0.293 e. The summed E-state index contributed by atoms with van der Waals surface area (Å²) in [7, 11) is 0. The van der Waals surface area contributed by atoms with Crippen molar-refractivity contribution < 1.29 is 14.5 Å². The molecule has 2 heterocycles. The molecule has 3 aromatic rings. The van der Waals surface area contributed by atoms with Gasteiger partial charge in [-0.25, -0.2) is 0 Å². The summed E-state index contributed by atoms with van der Waals surface area (Å²) < 4.78 is 0. The number of thiophene rings is 1. The van der Waals surface area contributed by atoms with Gasteiger partial charge in [0.15, 0.2) is 0 Å². The van der Waals surface area contributed by atoms with Gasteiger partial charge in [0.2, 0.25) is 5.91 Å². The molecule has 1 atom stereocenters. The molecule has 0 spiro atoms. The van der Waals surface area contributed by atoms with E-state index in [4.69, 9.17) is 0 Å². The van der Waals surface area contributed by atoms with Crippen LogP contribution in [0.15, 0.2) is 60.7 Å². The Morgan fingerprint density at radius 3 is 2.40 bits per heavy atom. The average molecular weight is 493 g/mol. The lowest BCUT2D eigenvalue weighted by Gasteiger charge is -2.37. The molecule has 1 aliphatic rings. The van der Waals surface area contributed by atoms with Crippen LogP contribution in [-0.4, -0.2) is 40.8 Å². The minimum absolute atomic E-state index is 0.0267. The van der Waals surface area contributed by atoms with Crippen LogP contribution in [0, 0.1) is 24.0 Å². The van der Waals surface area contributed by atoms with Gasteiger partial charge in [0.05, 0.1) is 9.80 Å². The largest absolute Gasteiger partial charge is 0.349 e. The molecule has 1 aromatic heterocycles. The highest BCUT2D eigenvalue weighted by Gasteiger charge is 2.32. The van der Waals surface area contributed by atoms with Crippen molar-refractivity contribution in [3.63, 3.8) is 0 Å².